The third-order valence-corrected chi connectivity index (χ3v) is 5.25. The van der Waals surface area contributed by atoms with Gasteiger partial charge in [0.2, 0.25) is 0 Å². The largest absolute Gasteiger partial charge is 0.496 e. The van der Waals surface area contributed by atoms with Crippen molar-refractivity contribution in [3.05, 3.63) is 108 Å². The van der Waals surface area contributed by atoms with Crippen LogP contribution in [0.5, 0.6) is 5.75 Å². The Kier molecular flexibility index (Phi) is 8.20. The molecule has 184 valence electrons. The summed E-state index contributed by atoms with van der Waals surface area (Å²) in [4.78, 5) is 47.1. The molecule has 13 heteroatoms. The molecule has 0 atom stereocenters. The van der Waals surface area contributed by atoms with Crippen molar-refractivity contribution >= 4 is 58.2 Å². The molecule has 0 aliphatic rings. The maximum atomic E-state index is 13.1. The minimum atomic E-state index is -0.868. The van der Waals surface area contributed by atoms with E-state index in [1.165, 1.54) is 67.8 Å². The first-order valence-corrected chi connectivity index (χ1v) is 10.7. The third kappa shape index (κ3) is 6.34. The Hall–Kier alpha value is -4.48. The number of nitrogens with one attached hydrogen (secondary N) is 2. The Labute approximate surface area is 213 Å². The van der Waals surface area contributed by atoms with Gasteiger partial charge in [0.25, 0.3) is 23.2 Å². The van der Waals surface area contributed by atoms with E-state index in [0.717, 1.165) is 6.07 Å². The maximum Gasteiger partial charge on any atom is 0.289 e. The molecule has 0 radical (unpaired) electrons. The number of nitro groups is 2. The number of rotatable bonds is 8. The highest BCUT2D eigenvalue weighted by Crippen LogP contribution is 2.28. The Balaban J connectivity index is 2.01. The van der Waals surface area contributed by atoms with Gasteiger partial charge in [-0.25, -0.2) is 0 Å². The zero-order valence-corrected chi connectivity index (χ0v) is 19.9. The monoisotopic (exact) mass is 530 g/mol. The number of methoxy groups -OCH3 is 1. The molecule has 0 aliphatic heterocycles. The lowest BCUT2D eigenvalue weighted by molar-refractivity contribution is -0.385. The van der Waals surface area contributed by atoms with E-state index in [2.05, 4.69) is 10.6 Å². The number of carbonyl (C=O) groups is 2. The Morgan fingerprint density at radius 1 is 0.972 bits per heavy atom. The van der Waals surface area contributed by atoms with Gasteiger partial charge in [-0.05, 0) is 42.0 Å². The molecule has 0 saturated carbocycles. The third-order valence-electron chi connectivity index (χ3n) is 4.69. The van der Waals surface area contributed by atoms with Crippen LogP contribution in [0, 0.1) is 20.2 Å². The molecule has 0 fully saturated rings. The van der Waals surface area contributed by atoms with Crippen LogP contribution in [-0.4, -0.2) is 28.8 Å². The van der Waals surface area contributed by atoms with Gasteiger partial charge in [0.15, 0.2) is 0 Å². The fourth-order valence-corrected chi connectivity index (χ4v) is 3.39. The number of non-ortho nitro benzene ring substituents is 1. The van der Waals surface area contributed by atoms with E-state index in [4.69, 9.17) is 27.9 Å². The quantitative estimate of drug-likeness (QED) is 0.229. The van der Waals surface area contributed by atoms with Crippen molar-refractivity contribution in [3.63, 3.8) is 0 Å². The van der Waals surface area contributed by atoms with Crippen LogP contribution in [-0.2, 0) is 4.79 Å². The minimum absolute atomic E-state index is 0.0184. The van der Waals surface area contributed by atoms with Crippen LogP contribution >= 0.6 is 23.2 Å². The van der Waals surface area contributed by atoms with E-state index >= 15 is 0 Å². The SMILES string of the molecule is COc1ccc(Cl)cc1C(=O)NC(=Cc1cccc([N+](=O)[O-])c1)C(=O)Nc1ccc(Cl)c([N+](=O)[O-])c1. The average Bonchev–Trinajstić information content (AvgIpc) is 2.84. The fourth-order valence-electron chi connectivity index (χ4n) is 3.03. The van der Waals surface area contributed by atoms with Gasteiger partial charge in [-0.15, -0.1) is 0 Å². The summed E-state index contributed by atoms with van der Waals surface area (Å²) in [6.07, 6.45) is 1.21. The molecule has 0 saturated heterocycles. The lowest BCUT2D eigenvalue weighted by atomic mass is 10.1. The lowest BCUT2D eigenvalue weighted by Gasteiger charge is -2.13. The number of nitrogens with zero attached hydrogens (tertiary/aromatic N) is 2. The highest BCUT2D eigenvalue weighted by atomic mass is 35.5. The molecule has 36 heavy (non-hydrogen) atoms. The first-order chi connectivity index (χ1) is 17.1. The number of nitro benzene ring substituents is 2. The van der Waals surface area contributed by atoms with Gasteiger partial charge in [0.1, 0.15) is 16.5 Å². The minimum Gasteiger partial charge on any atom is -0.496 e. The van der Waals surface area contributed by atoms with Crippen LogP contribution in [0.15, 0.2) is 66.4 Å². The smallest absolute Gasteiger partial charge is 0.289 e. The zero-order chi connectivity index (χ0) is 26.4. The van der Waals surface area contributed by atoms with E-state index in [1.54, 1.807) is 0 Å². The van der Waals surface area contributed by atoms with Crippen molar-refractivity contribution in [2.75, 3.05) is 12.4 Å². The fraction of sp³-hybridized carbons (Fsp3) is 0.0435. The van der Waals surface area contributed by atoms with Gasteiger partial charge < -0.3 is 15.4 Å². The summed E-state index contributed by atoms with van der Waals surface area (Å²) in [6, 6.07) is 13.3. The van der Waals surface area contributed by atoms with Crippen LogP contribution < -0.4 is 15.4 Å². The van der Waals surface area contributed by atoms with E-state index in [9.17, 15) is 29.8 Å². The standard InChI is InChI=1S/C23H16Cl2N4O7/c1-36-21-8-5-14(24)11-17(21)22(30)27-19(10-13-3-2-4-16(9-13)28(32)33)23(31)26-15-6-7-18(25)20(12-15)29(34)35/h2-12H,1H3,(H,26,31)(H,27,30). The summed E-state index contributed by atoms with van der Waals surface area (Å²) in [5, 5.41) is 27.3. The first kappa shape index (κ1) is 26.1. The molecular weight excluding hydrogens is 515 g/mol. The maximum absolute atomic E-state index is 13.1. The van der Waals surface area contributed by atoms with Crippen molar-refractivity contribution in [2.45, 2.75) is 0 Å². The summed E-state index contributed by atoms with van der Waals surface area (Å²) in [5.74, 6) is -1.45. The molecule has 0 aromatic heterocycles. The second-order valence-corrected chi connectivity index (χ2v) is 7.93. The van der Waals surface area contributed by atoms with E-state index < -0.39 is 27.3 Å². The molecule has 11 nitrogen and oxygen atoms in total. The highest BCUT2D eigenvalue weighted by Gasteiger charge is 2.20. The van der Waals surface area contributed by atoms with Crippen molar-refractivity contribution in [1.82, 2.24) is 5.32 Å². The zero-order valence-electron chi connectivity index (χ0n) is 18.4. The molecule has 2 amide bonds. The number of hydrogen-bond acceptors (Lipinski definition) is 7. The van der Waals surface area contributed by atoms with E-state index in [-0.39, 0.29) is 44.0 Å². The number of amides is 2. The van der Waals surface area contributed by atoms with Crippen LogP contribution in [0.3, 0.4) is 0 Å². The lowest BCUT2D eigenvalue weighted by Crippen LogP contribution is -2.31. The van der Waals surface area contributed by atoms with Crippen molar-refractivity contribution in [3.8, 4) is 5.75 Å². The predicted molar refractivity (Wildman–Crippen MR) is 133 cm³/mol. The summed E-state index contributed by atoms with van der Waals surface area (Å²) in [5.41, 5.74) is -0.721. The molecule has 0 bridgehead atoms. The second-order valence-electron chi connectivity index (χ2n) is 7.09. The van der Waals surface area contributed by atoms with Crippen LogP contribution in [0.4, 0.5) is 17.1 Å². The molecule has 3 aromatic rings. The molecule has 3 rings (SSSR count). The summed E-state index contributed by atoms with van der Waals surface area (Å²) >= 11 is 11.8. The molecular formula is C23H16Cl2N4O7. The molecule has 2 N–H and O–H groups in total. The number of carbonyl (C=O) groups excluding carboxylic acids is 2. The Morgan fingerprint density at radius 3 is 2.39 bits per heavy atom. The molecule has 0 aliphatic carbocycles. The van der Waals surface area contributed by atoms with E-state index in [0.29, 0.717) is 0 Å². The average molecular weight is 531 g/mol. The van der Waals surface area contributed by atoms with Crippen molar-refractivity contribution < 1.29 is 24.2 Å². The predicted octanol–water partition coefficient (Wildman–Crippen LogP) is 5.23. The van der Waals surface area contributed by atoms with Gasteiger partial charge in [-0.3, -0.25) is 29.8 Å². The highest BCUT2D eigenvalue weighted by molar-refractivity contribution is 6.32. The molecule has 3 aromatic carbocycles. The molecule has 0 heterocycles. The second kappa shape index (κ2) is 11.3. The van der Waals surface area contributed by atoms with Crippen molar-refractivity contribution in [1.29, 1.82) is 0 Å². The topological polar surface area (TPSA) is 154 Å². The van der Waals surface area contributed by atoms with Gasteiger partial charge >= 0.3 is 0 Å². The van der Waals surface area contributed by atoms with Gasteiger partial charge in [-0.2, -0.15) is 0 Å². The summed E-state index contributed by atoms with van der Waals surface area (Å²) < 4.78 is 5.18. The van der Waals surface area contributed by atoms with Crippen LogP contribution in [0.2, 0.25) is 10.0 Å². The summed E-state index contributed by atoms with van der Waals surface area (Å²) in [6.45, 7) is 0. The van der Waals surface area contributed by atoms with Gasteiger partial charge in [0, 0.05) is 28.9 Å². The molecule has 0 spiro atoms. The van der Waals surface area contributed by atoms with Crippen LogP contribution in [0.1, 0.15) is 15.9 Å². The van der Waals surface area contributed by atoms with Gasteiger partial charge in [0.05, 0.1) is 22.5 Å². The Bertz CT molecular complexity index is 1410. The van der Waals surface area contributed by atoms with E-state index in [1.807, 2.05) is 0 Å². The van der Waals surface area contributed by atoms with Gasteiger partial charge in [-0.1, -0.05) is 35.3 Å². The number of anilines is 1. The first-order valence-electron chi connectivity index (χ1n) is 9.95. The Morgan fingerprint density at radius 2 is 1.72 bits per heavy atom. The number of hydrogen-bond donors (Lipinski definition) is 2. The normalized spacial score (nSPS) is 10.9. The number of benzene rings is 3. The van der Waals surface area contributed by atoms with Crippen LogP contribution in [0.25, 0.3) is 6.08 Å². The number of halogens is 2. The van der Waals surface area contributed by atoms with Crippen molar-refractivity contribution in [2.24, 2.45) is 0 Å². The molecule has 0 unspecified atom stereocenters. The summed E-state index contributed by atoms with van der Waals surface area (Å²) in [7, 11) is 1.35. The number of ether oxygens (including phenoxy) is 1.